The third kappa shape index (κ3) is 29.7. The van der Waals surface area contributed by atoms with Gasteiger partial charge in [-0.05, 0) is 126 Å². The quantitative estimate of drug-likeness (QED) is 0.00667. The summed E-state index contributed by atoms with van der Waals surface area (Å²) < 4.78 is 10.6. The van der Waals surface area contributed by atoms with Gasteiger partial charge in [-0.3, -0.25) is 87.7 Å². The van der Waals surface area contributed by atoms with E-state index in [9.17, 15) is 87.7 Å². The topological polar surface area (TPSA) is 655 Å². The molecule has 23 N–H and O–H groups in total. The van der Waals surface area contributed by atoms with Gasteiger partial charge in [0.25, 0.3) is 11.4 Å². The summed E-state index contributed by atoms with van der Waals surface area (Å²) in [6, 6.07) is -4.64. The second-order valence-corrected chi connectivity index (χ2v) is 26.2. The Labute approximate surface area is 614 Å². The van der Waals surface area contributed by atoms with Gasteiger partial charge in [-0.15, -0.1) is 0 Å². The molecule has 588 valence electrons. The molecule has 9 atom stereocenters. The highest BCUT2D eigenvalue weighted by atomic mass is 16.6. The Morgan fingerprint density at radius 3 is 1.78 bits per heavy atom. The SMILES string of the molecule is COc1ccc2c(CC(=O)N[C@@H](CCCCN)C(=O)N3CCC[C@@H]3C(=O)N[C@@H](CC(C)C)C(=O)NCC(=O)N[C@@H](CC(C)C)C(=O)N[C@H](CNc3ccc([N+](=O)[O-])cc3[N+](=O)[O-])C(=O)N[C@@H](C)C(=O)N[C@H](CCCN=C(N)N)C(=O)N[C@@H](CCC(=O)O)C(=O)N[C@H](CCCN=C(N)N)C(N)=O)cc(=O)oc2c1. The number of benzene rings is 2. The van der Waals surface area contributed by atoms with Crippen LogP contribution in [0.2, 0.25) is 0 Å². The van der Waals surface area contributed by atoms with Crippen molar-refractivity contribution >= 4 is 111 Å². The van der Waals surface area contributed by atoms with Gasteiger partial charge in [-0.25, -0.2) is 4.79 Å². The molecular formula is C66H99N21O20. The van der Waals surface area contributed by atoms with E-state index in [4.69, 9.17) is 43.6 Å². The van der Waals surface area contributed by atoms with E-state index in [2.05, 4.69) is 63.2 Å². The number of non-ortho nitro benzene ring substituents is 1. The molecule has 1 saturated heterocycles. The lowest BCUT2D eigenvalue weighted by atomic mass is 10.0. The summed E-state index contributed by atoms with van der Waals surface area (Å²) in [5.74, 6) is -12.2. The van der Waals surface area contributed by atoms with E-state index in [1.807, 2.05) is 0 Å². The fourth-order valence-electron chi connectivity index (χ4n) is 11.3. The van der Waals surface area contributed by atoms with Crippen LogP contribution in [0.5, 0.6) is 5.75 Å². The van der Waals surface area contributed by atoms with Crippen molar-refractivity contribution in [3.05, 3.63) is 78.7 Å². The molecule has 1 fully saturated rings. The number of anilines is 1. The van der Waals surface area contributed by atoms with Gasteiger partial charge in [-0.2, -0.15) is 0 Å². The highest BCUT2D eigenvalue weighted by molar-refractivity contribution is 5.99. The smallest absolute Gasteiger partial charge is 0.336 e. The van der Waals surface area contributed by atoms with Gasteiger partial charge in [0.2, 0.25) is 65.0 Å². The lowest BCUT2D eigenvalue weighted by molar-refractivity contribution is -0.393. The number of primary amides is 1. The summed E-state index contributed by atoms with van der Waals surface area (Å²) in [5, 5.41) is 59.0. The number of likely N-dealkylation sites (tertiary alicyclic amines) is 1. The molecule has 41 nitrogen and oxygen atoms in total. The largest absolute Gasteiger partial charge is 0.497 e. The Bertz CT molecular complexity index is 3800. The summed E-state index contributed by atoms with van der Waals surface area (Å²) >= 11 is 0. The molecule has 0 spiro atoms. The number of nitro groups is 2. The Balaban J connectivity index is 1.56. The van der Waals surface area contributed by atoms with Crippen molar-refractivity contribution in [3.63, 3.8) is 0 Å². The molecule has 0 saturated carbocycles. The van der Waals surface area contributed by atoms with Crippen LogP contribution in [0.25, 0.3) is 11.0 Å². The molecule has 0 bridgehead atoms. The molecule has 41 heteroatoms. The predicted octanol–water partition coefficient (Wildman–Crippen LogP) is -3.04. The normalized spacial score (nSPS) is 14.7. The first-order valence-electron chi connectivity index (χ1n) is 34.6. The van der Waals surface area contributed by atoms with Crippen molar-refractivity contribution < 1.29 is 81.6 Å². The monoisotopic (exact) mass is 1510 g/mol. The number of amides is 11. The molecule has 1 aliphatic rings. The number of carbonyl (C=O) groups is 12. The molecular weight excluding hydrogens is 1410 g/mol. The zero-order chi connectivity index (χ0) is 79.8. The number of methoxy groups -OCH3 is 1. The van der Waals surface area contributed by atoms with Crippen molar-refractivity contribution in [3.8, 4) is 5.75 Å². The maximum atomic E-state index is 14.5. The molecule has 0 aliphatic carbocycles. The van der Waals surface area contributed by atoms with Crippen LogP contribution in [-0.2, 0) is 64.0 Å². The van der Waals surface area contributed by atoms with Crippen LogP contribution < -0.4 is 97.9 Å². The number of guanidine groups is 2. The molecule has 3 aromatic rings. The van der Waals surface area contributed by atoms with Crippen LogP contribution in [-0.4, -0.2) is 203 Å². The van der Waals surface area contributed by atoms with Gasteiger partial charge in [0.15, 0.2) is 11.9 Å². The van der Waals surface area contributed by atoms with E-state index in [1.54, 1.807) is 39.8 Å². The molecule has 2 aromatic carbocycles. The van der Waals surface area contributed by atoms with Crippen LogP contribution in [0, 0.1) is 32.1 Å². The number of nitrogens with zero attached hydrogens (tertiary/aromatic N) is 5. The van der Waals surface area contributed by atoms with Crippen LogP contribution in [0.15, 0.2) is 61.7 Å². The third-order valence-electron chi connectivity index (χ3n) is 16.7. The number of unbranched alkanes of at least 4 members (excludes halogenated alkanes) is 1. The molecule has 1 aromatic heterocycles. The van der Waals surface area contributed by atoms with Crippen LogP contribution >= 0.6 is 0 Å². The number of aliphatic carboxylic acids is 1. The third-order valence-corrected chi connectivity index (χ3v) is 16.7. The van der Waals surface area contributed by atoms with Gasteiger partial charge in [0.1, 0.15) is 71.4 Å². The van der Waals surface area contributed by atoms with Gasteiger partial charge in [0.05, 0.1) is 36.0 Å². The summed E-state index contributed by atoms with van der Waals surface area (Å²) in [4.78, 5) is 209. The van der Waals surface area contributed by atoms with E-state index in [-0.39, 0.29) is 112 Å². The number of ether oxygens (including phenoxy) is 1. The number of carboxylic acid groups (broad SMARTS) is 1. The van der Waals surface area contributed by atoms with E-state index in [0.717, 1.165) is 19.1 Å². The second kappa shape index (κ2) is 43.5. The van der Waals surface area contributed by atoms with Gasteiger partial charge >= 0.3 is 11.6 Å². The Morgan fingerprint density at radius 2 is 1.20 bits per heavy atom. The molecule has 4 rings (SSSR count). The number of fused-ring (bicyclic) bond motifs is 1. The minimum atomic E-state index is -1.84. The number of nitrogens with one attached hydrogen (secondary N) is 10. The van der Waals surface area contributed by atoms with Crippen molar-refractivity contribution in [1.82, 2.24) is 52.8 Å². The number of rotatable bonds is 46. The number of nitro benzene ring substituents is 2. The summed E-state index contributed by atoms with van der Waals surface area (Å²) in [6.07, 6.45) is -0.192. The number of carboxylic acids is 1. The lowest BCUT2D eigenvalue weighted by Gasteiger charge is -2.30. The average Bonchev–Trinajstić information content (AvgIpc) is 1.62. The summed E-state index contributed by atoms with van der Waals surface area (Å²) in [7, 11) is 1.44. The fraction of sp³-hybridized carbons (Fsp3) is 0.561. The maximum absolute atomic E-state index is 14.5. The lowest BCUT2D eigenvalue weighted by Crippen LogP contribution is -2.60. The standard InChI is InChI=1S/C66H99N21O20/c1-34(2)26-46(83-63(100)49-15-11-25-85(49)64(101)45(12-7-8-22-67)78-52(88)28-37-29-55(92)107-51-31-39(106-6)17-18-40(37)51)58(95)76-33-53(89)79-47(27-35(3)4)61(98)84-48(32-75-41-19-16-38(86(102)103)30-50(41)87(104)105)62(99)77-36(5)57(94)81-43(14-10-24-74-66(71)72)59(96)82-44(20-21-54(90)91)60(97)80-42(56(68)93)13-9-23-73-65(69)70/h16-19,29-31,34-36,42-49,75H,7-15,20-28,32-33,67H2,1-6H3,(H2,68,93)(H,76,95)(H,77,99)(H,78,88)(H,79,89)(H,80,97)(H,81,94)(H,82,96)(H,83,100)(H,84,98)(H,90,91)(H4,69,70,73)(H4,71,72,74)/t36-,42+,43+,44-,45-,46-,47-,48+,49+/m0/s1. The van der Waals surface area contributed by atoms with Crippen LogP contribution in [0.3, 0.4) is 0 Å². The highest BCUT2D eigenvalue weighted by Gasteiger charge is 2.40. The van der Waals surface area contributed by atoms with E-state index >= 15 is 0 Å². The van der Waals surface area contributed by atoms with E-state index < -0.39 is 178 Å². The Hall–Kier alpha value is -11.8. The first-order chi connectivity index (χ1) is 50.5. The van der Waals surface area contributed by atoms with Gasteiger partial charge in [0, 0.05) is 56.2 Å². The van der Waals surface area contributed by atoms with Gasteiger partial charge < -0.3 is 107 Å². The highest BCUT2D eigenvalue weighted by Crippen LogP contribution is 2.30. The Morgan fingerprint density at radius 1 is 0.636 bits per heavy atom. The molecule has 11 amide bonds. The number of hydrogen-bond acceptors (Lipinski definition) is 23. The molecule has 0 radical (unpaired) electrons. The first-order valence-corrected chi connectivity index (χ1v) is 34.6. The van der Waals surface area contributed by atoms with Crippen molar-refractivity contribution in [2.45, 2.75) is 179 Å². The first kappa shape index (κ1) is 87.6. The molecule has 1 aliphatic heterocycles. The molecule has 0 unspecified atom stereocenters. The fourth-order valence-corrected chi connectivity index (χ4v) is 11.3. The van der Waals surface area contributed by atoms with Crippen molar-refractivity contribution in [2.75, 3.05) is 51.7 Å². The predicted molar refractivity (Wildman–Crippen MR) is 388 cm³/mol. The second-order valence-electron chi connectivity index (χ2n) is 26.2. The minimum absolute atomic E-state index is 0.0136. The zero-order valence-electron chi connectivity index (χ0n) is 60.4. The zero-order valence-corrected chi connectivity index (χ0v) is 60.4. The van der Waals surface area contributed by atoms with Gasteiger partial charge in [-0.1, -0.05) is 27.7 Å². The number of carbonyl (C=O) groups excluding carboxylic acids is 11. The average molecular weight is 1510 g/mol. The summed E-state index contributed by atoms with van der Waals surface area (Å²) in [6.45, 7) is 6.86. The summed E-state index contributed by atoms with van der Waals surface area (Å²) in [5.41, 5.74) is 30.9. The minimum Gasteiger partial charge on any atom is -0.497 e. The van der Waals surface area contributed by atoms with Crippen molar-refractivity contribution in [1.29, 1.82) is 0 Å². The maximum Gasteiger partial charge on any atom is 0.336 e. The molecule has 107 heavy (non-hydrogen) atoms. The van der Waals surface area contributed by atoms with Crippen LogP contribution in [0.1, 0.15) is 124 Å². The van der Waals surface area contributed by atoms with E-state index in [0.29, 0.717) is 48.6 Å². The number of nitrogens with two attached hydrogens (primary N) is 6. The number of aliphatic imine (C=N–C) groups is 2. The van der Waals surface area contributed by atoms with Crippen LogP contribution in [0.4, 0.5) is 17.1 Å². The Kier molecular flexibility index (Phi) is 35.6. The number of hydrogen-bond donors (Lipinski definition) is 17. The molecule has 2 heterocycles. The van der Waals surface area contributed by atoms with Crippen molar-refractivity contribution in [2.24, 2.45) is 56.2 Å². The van der Waals surface area contributed by atoms with E-state index in [1.165, 1.54) is 24.1 Å².